The van der Waals surface area contributed by atoms with Gasteiger partial charge in [-0.05, 0) is 31.4 Å². The van der Waals surface area contributed by atoms with Gasteiger partial charge in [-0.3, -0.25) is 0 Å². The van der Waals surface area contributed by atoms with E-state index in [0.717, 1.165) is 0 Å². The van der Waals surface area contributed by atoms with Crippen molar-refractivity contribution in [1.82, 2.24) is 0 Å². The molecule has 0 aromatic heterocycles. The van der Waals surface area contributed by atoms with Crippen molar-refractivity contribution in [3.8, 4) is 11.5 Å². The summed E-state index contributed by atoms with van der Waals surface area (Å²) >= 11 is 0. The van der Waals surface area contributed by atoms with Gasteiger partial charge in [0.2, 0.25) is 5.92 Å². The van der Waals surface area contributed by atoms with Crippen LogP contribution in [-0.4, -0.2) is 17.6 Å². The summed E-state index contributed by atoms with van der Waals surface area (Å²) in [4.78, 5) is 0. The molecule has 4 heteroatoms. The number of halogens is 2. The van der Waals surface area contributed by atoms with E-state index in [2.05, 4.69) is 0 Å². The minimum atomic E-state index is -2.53. The largest absolute Gasteiger partial charge is 0.508 e. The first-order valence-corrected chi connectivity index (χ1v) is 5.77. The molecule has 1 aromatic rings. The summed E-state index contributed by atoms with van der Waals surface area (Å²) in [6.07, 6.45) is 0.371. The molecule has 0 amide bonds. The normalized spacial score (nSPS) is 22.6. The highest BCUT2D eigenvalue weighted by molar-refractivity contribution is 5.42. The van der Waals surface area contributed by atoms with Gasteiger partial charge in [0.25, 0.3) is 0 Å². The standard InChI is InChI=1S/C13H16F2O2/c1-9-11(16)3-2-4-12(9)17-8-10-5-6-13(14,15)7-10/h2-4,10,16H,5-8H2,1H3. The molecular formula is C13H16F2O2. The zero-order chi connectivity index (χ0) is 12.5. The highest BCUT2D eigenvalue weighted by atomic mass is 19.3. The topological polar surface area (TPSA) is 29.5 Å². The van der Waals surface area contributed by atoms with Gasteiger partial charge >= 0.3 is 0 Å². The van der Waals surface area contributed by atoms with Crippen LogP contribution in [0.1, 0.15) is 24.8 Å². The smallest absolute Gasteiger partial charge is 0.248 e. The molecular weight excluding hydrogens is 226 g/mol. The first-order chi connectivity index (χ1) is 7.98. The summed E-state index contributed by atoms with van der Waals surface area (Å²) in [5.74, 6) is -1.88. The van der Waals surface area contributed by atoms with Crippen molar-refractivity contribution < 1.29 is 18.6 Å². The molecule has 1 atom stereocenters. The van der Waals surface area contributed by atoms with Crippen molar-refractivity contribution in [3.63, 3.8) is 0 Å². The van der Waals surface area contributed by atoms with Crippen molar-refractivity contribution in [2.24, 2.45) is 5.92 Å². The van der Waals surface area contributed by atoms with E-state index in [-0.39, 0.29) is 24.5 Å². The van der Waals surface area contributed by atoms with Crippen LogP contribution in [0.3, 0.4) is 0 Å². The molecule has 1 fully saturated rings. The van der Waals surface area contributed by atoms with Gasteiger partial charge in [-0.25, -0.2) is 8.78 Å². The summed E-state index contributed by atoms with van der Waals surface area (Å²) in [6.45, 7) is 2.04. The van der Waals surface area contributed by atoms with Crippen LogP contribution in [0.4, 0.5) is 8.78 Å². The van der Waals surface area contributed by atoms with E-state index in [1.807, 2.05) is 0 Å². The molecule has 0 bridgehead atoms. The second kappa shape index (κ2) is 4.51. The van der Waals surface area contributed by atoms with Crippen molar-refractivity contribution >= 4 is 0 Å². The second-order valence-corrected chi connectivity index (χ2v) is 4.68. The van der Waals surface area contributed by atoms with Crippen LogP contribution in [0.2, 0.25) is 0 Å². The monoisotopic (exact) mass is 242 g/mol. The molecule has 1 aliphatic carbocycles. The Kier molecular flexibility index (Phi) is 3.22. The number of ether oxygens (including phenoxy) is 1. The number of alkyl halides is 2. The highest BCUT2D eigenvalue weighted by Crippen LogP contribution is 2.39. The number of hydrogen-bond acceptors (Lipinski definition) is 2. The lowest BCUT2D eigenvalue weighted by molar-refractivity contribution is 0.00290. The lowest BCUT2D eigenvalue weighted by atomic mass is 10.1. The summed E-state index contributed by atoms with van der Waals surface area (Å²) in [7, 11) is 0. The van der Waals surface area contributed by atoms with Gasteiger partial charge in [-0.2, -0.15) is 0 Å². The minimum absolute atomic E-state index is 0.0416. The van der Waals surface area contributed by atoms with Gasteiger partial charge < -0.3 is 9.84 Å². The van der Waals surface area contributed by atoms with Gasteiger partial charge in [0.05, 0.1) is 6.61 Å². The van der Waals surface area contributed by atoms with Gasteiger partial charge in [0.15, 0.2) is 0 Å². The van der Waals surface area contributed by atoms with Gasteiger partial charge in [-0.1, -0.05) is 6.07 Å². The molecule has 94 valence electrons. The first kappa shape index (κ1) is 12.1. The fourth-order valence-corrected chi connectivity index (χ4v) is 2.15. The quantitative estimate of drug-likeness (QED) is 0.878. The summed E-state index contributed by atoms with van der Waals surface area (Å²) in [5, 5.41) is 9.48. The average Bonchev–Trinajstić information content (AvgIpc) is 2.61. The Morgan fingerprint density at radius 1 is 1.47 bits per heavy atom. The number of phenols is 1. The number of benzene rings is 1. The van der Waals surface area contributed by atoms with Gasteiger partial charge in [0.1, 0.15) is 11.5 Å². The Labute approximate surface area is 99.2 Å². The van der Waals surface area contributed by atoms with Crippen LogP contribution in [-0.2, 0) is 0 Å². The third-order valence-electron chi connectivity index (χ3n) is 3.24. The maximum absolute atomic E-state index is 13.0. The highest BCUT2D eigenvalue weighted by Gasteiger charge is 2.39. The zero-order valence-corrected chi connectivity index (χ0v) is 9.75. The Morgan fingerprint density at radius 2 is 2.24 bits per heavy atom. The Bertz CT molecular complexity index is 404. The van der Waals surface area contributed by atoms with Crippen LogP contribution >= 0.6 is 0 Å². The van der Waals surface area contributed by atoms with Crippen LogP contribution in [0.15, 0.2) is 18.2 Å². The van der Waals surface area contributed by atoms with Gasteiger partial charge in [0, 0.05) is 18.4 Å². The maximum atomic E-state index is 13.0. The molecule has 1 N–H and O–H groups in total. The molecule has 1 aromatic carbocycles. The number of phenolic OH excluding ortho intramolecular Hbond substituents is 1. The average molecular weight is 242 g/mol. The fraction of sp³-hybridized carbons (Fsp3) is 0.538. The third-order valence-corrected chi connectivity index (χ3v) is 3.24. The molecule has 1 aliphatic rings. The lowest BCUT2D eigenvalue weighted by Crippen LogP contribution is -2.14. The molecule has 0 heterocycles. The van der Waals surface area contributed by atoms with E-state index in [4.69, 9.17) is 4.74 Å². The molecule has 2 rings (SSSR count). The van der Waals surface area contributed by atoms with E-state index in [9.17, 15) is 13.9 Å². The van der Waals surface area contributed by atoms with E-state index >= 15 is 0 Å². The van der Waals surface area contributed by atoms with Crippen LogP contribution in [0.5, 0.6) is 11.5 Å². The molecule has 0 saturated heterocycles. The Morgan fingerprint density at radius 3 is 2.88 bits per heavy atom. The summed E-state index contributed by atoms with van der Waals surface area (Å²) in [5.41, 5.74) is 0.650. The van der Waals surface area contributed by atoms with Crippen molar-refractivity contribution in [2.45, 2.75) is 32.1 Å². The van der Waals surface area contributed by atoms with E-state index in [1.54, 1.807) is 25.1 Å². The SMILES string of the molecule is Cc1c(O)cccc1OCC1CCC(F)(F)C1. The molecule has 1 saturated carbocycles. The number of aromatic hydroxyl groups is 1. The maximum Gasteiger partial charge on any atom is 0.248 e. The minimum Gasteiger partial charge on any atom is -0.508 e. The molecule has 0 radical (unpaired) electrons. The van der Waals surface area contributed by atoms with Crippen LogP contribution in [0, 0.1) is 12.8 Å². The number of hydrogen-bond donors (Lipinski definition) is 1. The van der Waals surface area contributed by atoms with Crippen molar-refractivity contribution in [3.05, 3.63) is 23.8 Å². The third kappa shape index (κ3) is 2.87. The van der Waals surface area contributed by atoms with E-state index in [0.29, 0.717) is 24.3 Å². The second-order valence-electron chi connectivity index (χ2n) is 4.68. The fourth-order valence-electron chi connectivity index (χ4n) is 2.15. The Balaban J connectivity index is 1.93. The van der Waals surface area contributed by atoms with Crippen molar-refractivity contribution in [1.29, 1.82) is 0 Å². The number of rotatable bonds is 3. The van der Waals surface area contributed by atoms with Crippen LogP contribution in [0.25, 0.3) is 0 Å². The first-order valence-electron chi connectivity index (χ1n) is 5.77. The Hall–Kier alpha value is -1.32. The molecule has 0 spiro atoms. The lowest BCUT2D eigenvalue weighted by Gasteiger charge is -2.14. The molecule has 2 nitrogen and oxygen atoms in total. The van der Waals surface area contributed by atoms with Crippen LogP contribution < -0.4 is 4.74 Å². The predicted molar refractivity (Wildman–Crippen MR) is 60.6 cm³/mol. The van der Waals surface area contributed by atoms with E-state index < -0.39 is 5.92 Å². The molecule has 17 heavy (non-hydrogen) atoms. The summed E-state index contributed by atoms with van der Waals surface area (Å²) in [6, 6.07) is 5.00. The summed E-state index contributed by atoms with van der Waals surface area (Å²) < 4.78 is 31.4. The predicted octanol–water partition coefficient (Wildman–Crippen LogP) is 3.51. The zero-order valence-electron chi connectivity index (χ0n) is 9.75. The van der Waals surface area contributed by atoms with Crippen molar-refractivity contribution in [2.75, 3.05) is 6.61 Å². The van der Waals surface area contributed by atoms with Gasteiger partial charge in [-0.15, -0.1) is 0 Å². The molecule has 0 aliphatic heterocycles. The molecule has 1 unspecified atom stereocenters. The van der Waals surface area contributed by atoms with E-state index in [1.165, 1.54) is 0 Å².